The molecule has 2 aromatic carbocycles. The van der Waals surface area contributed by atoms with Gasteiger partial charge in [0.05, 0.1) is 7.11 Å². The molecule has 1 aromatic heterocycles. The van der Waals surface area contributed by atoms with Crippen molar-refractivity contribution in [2.24, 2.45) is 0 Å². The van der Waals surface area contributed by atoms with E-state index in [0.29, 0.717) is 29.4 Å². The van der Waals surface area contributed by atoms with Gasteiger partial charge in [-0.05, 0) is 48.4 Å². The molecule has 28 heavy (non-hydrogen) atoms. The van der Waals surface area contributed by atoms with E-state index in [1.54, 1.807) is 48.9 Å². The lowest BCUT2D eigenvalue weighted by molar-refractivity contribution is 0.0948. The number of aromatic nitrogens is 1. The fraction of sp³-hybridized carbons (Fsp3) is 0.150. The maximum Gasteiger partial charge on any atom is 0.270 e. The highest BCUT2D eigenvalue weighted by molar-refractivity contribution is 7.14. The zero-order chi connectivity index (χ0) is 19.9. The second kappa shape index (κ2) is 9.09. The number of halogens is 1. The number of rotatable bonds is 7. The molecule has 0 saturated heterocycles. The molecule has 0 atom stereocenters. The number of thiazole rings is 1. The van der Waals surface area contributed by atoms with Gasteiger partial charge in [-0.2, -0.15) is 0 Å². The Morgan fingerprint density at radius 2 is 1.79 bits per heavy atom. The zero-order valence-electron chi connectivity index (χ0n) is 15.1. The number of carbonyl (C=O) groups is 2. The van der Waals surface area contributed by atoms with Crippen LogP contribution in [0.2, 0.25) is 0 Å². The molecule has 0 bridgehead atoms. The lowest BCUT2D eigenvalue weighted by Gasteiger charge is -2.04. The van der Waals surface area contributed by atoms with E-state index in [-0.39, 0.29) is 23.3 Å². The highest BCUT2D eigenvalue weighted by atomic mass is 32.1. The molecule has 0 aliphatic rings. The van der Waals surface area contributed by atoms with Crippen LogP contribution in [0.4, 0.5) is 9.52 Å². The molecular formula is C20H18FN3O3S. The Morgan fingerprint density at radius 3 is 2.46 bits per heavy atom. The molecule has 8 heteroatoms. The molecule has 0 radical (unpaired) electrons. The minimum absolute atomic E-state index is 0.231. The third-order valence-electron chi connectivity index (χ3n) is 3.92. The van der Waals surface area contributed by atoms with Gasteiger partial charge in [-0.15, -0.1) is 11.3 Å². The first kappa shape index (κ1) is 19.5. The van der Waals surface area contributed by atoms with Gasteiger partial charge in [0.1, 0.15) is 17.3 Å². The summed E-state index contributed by atoms with van der Waals surface area (Å²) < 4.78 is 17.9. The summed E-state index contributed by atoms with van der Waals surface area (Å²) in [6.45, 7) is 0.398. The average Bonchev–Trinajstić information content (AvgIpc) is 3.18. The normalized spacial score (nSPS) is 10.4. The number of methoxy groups -OCH3 is 1. The van der Waals surface area contributed by atoms with Crippen molar-refractivity contribution in [1.82, 2.24) is 10.3 Å². The Hall–Kier alpha value is -3.26. The minimum atomic E-state index is -0.330. The highest BCUT2D eigenvalue weighted by Gasteiger charge is 2.13. The third-order valence-corrected chi connectivity index (χ3v) is 4.68. The number of ether oxygens (including phenoxy) is 1. The van der Waals surface area contributed by atoms with Gasteiger partial charge < -0.3 is 10.1 Å². The highest BCUT2D eigenvalue weighted by Crippen LogP contribution is 2.18. The van der Waals surface area contributed by atoms with Gasteiger partial charge in [-0.25, -0.2) is 9.37 Å². The molecule has 0 fully saturated rings. The summed E-state index contributed by atoms with van der Waals surface area (Å²) in [6, 6.07) is 12.8. The summed E-state index contributed by atoms with van der Waals surface area (Å²) in [5.74, 6) is -0.284. The van der Waals surface area contributed by atoms with Gasteiger partial charge >= 0.3 is 0 Å². The Kier molecular flexibility index (Phi) is 6.33. The van der Waals surface area contributed by atoms with Crippen LogP contribution >= 0.6 is 11.3 Å². The van der Waals surface area contributed by atoms with Crippen molar-refractivity contribution >= 4 is 28.3 Å². The van der Waals surface area contributed by atoms with E-state index in [1.165, 1.54) is 23.5 Å². The van der Waals surface area contributed by atoms with Crippen LogP contribution in [0.1, 0.15) is 26.4 Å². The number of benzene rings is 2. The van der Waals surface area contributed by atoms with Crippen molar-refractivity contribution in [3.63, 3.8) is 0 Å². The van der Waals surface area contributed by atoms with E-state index in [1.807, 2.05) is 0 Å². The zero-order valence-corrected chi connectivity index (χ0v) is 15.9. The SMILES string of the molecule is COc1ccc(C(=O)Nc2nc(C(=O)NCCc3ccc(F)cc3)cs2)cc1. The maximum absolute atomic E-state index is 12.9. The molecule has 1 heterocycles. The topological polar surface area (TPSA) is 80.3 Å². The number of nitrogens with one attached hydrogen (secondary N) is 2. The van der Waals surface area contributed by atoms with E-state index < -0.39 is 0 Å². The number of anilines is 1. The van der Waals surface area contributed by atoms with Crippen LogP contribution in [0.5, 0.6) is 5.75 Å². The number of nitrogens with zero attached hydrogens (tertiary/aromatic N) is 1. The maximum atomic E-state index is 12.9. The van der Waals surface area contributed by atoms with Crippen LogP contribution < -0.4 is 15.4 Å². The van der Waals surface area contributed by atoms with Crippen LogP contribution in [0.15, 0.2) is 53.9 Å². The van der Waals surface area contributed by atoms with Crippen molar-refractivity contribution in [2.45, 2.75) is 6.42 Å². The van der Waals surface area contributed by atoms with Crippen molar-refractivity contribution < 1.29 is 18.7 Å². The summed E-state index contributed by atoms with van der Waals surface area (Å²) in [5.41, 5.74) is 1.61. The van der Waals surface area contributed by atoms with Gasteiger partial charge in [0.2, 0.25) is 0 Å². The smallest absolute Gasteiger partial charge is 0.270 e. The summed E-state index contributed by atoms with van der Waals surface area (Å²) >= 11 is 1.17. The quantitative estimate of drug-likeness (QED) is 0.637. The largest absolute Gasteiger partial charge is 0.497 e. The first-order chi connectivity index (χ1) is 13.5. The monoisotopic (exact) mass is 399 g/mol. The summed E-state index contributed by atoms with van der Waals surface area (Å²) in [6.07, 6.45) is 0.581. The van der Waals surface area contributed by atoms with Crippen LogP contribution in [0.3, 0.4) is 0 Å². The van der Waals surface area contributed by atoms with E-state index in [4.69, 9.17) is 4.74 Å². The summed E-state index contributed by atoms with van der Waals surface area (Å²) in [7, 11) is 1.55. The molecule has 0 aliphatic heterocycles. The molecular weight excluding hydrogens is 381 g/mol. The molecule has 0 saturated carbocycles. The summed E-state index contributed by atoms with van der Waals surface area (Å²) in [4.78, 5) is 28.6. The molecule has 0 spiro atoms. The fourth-order valence-corrected chi connectivity index (χ4v) is 3.09. The number of hydrogen-bond donors (Lipinski definition) is 2. The first-order valence-electron chi connectivity index (χ1n) is 8.49. The van der Waals surface area contributed by atoms with Gasteiger partial charge in [-0.1, -0.05) is 12.1 Å². The van der Waals surface area contributed by atoms with Crippen LogP contribution in [-0.2, 0) is 6.42 Å². The molecule has 3 rings (SSSR count). The van der Waals surface area contributed by atoms with Gasteiger partial charge in [-0.3, -0.25) is 14.9 Å². The predicted molar refractivity (Wildman–Crippen MR) is 105 cm³/mol. The Balaban J connectivity index is 1.51. The summed E-state index contributed by atoms with van der Waals surface area (Å²) in [5, 5.41) is 7.35. The van der Waals surface area contributed by atoms with E-state index in [0.717, 1.165) is 5.56 Å². The molecule has 2 N–H and O–H groups in total. The van der Waals surface area contributed by atoms with Crippen LogP contribution in [-0.4, -0.2) is 30.5 Å². The third kappa shape index (κ3) is 5.14. The first-order valence-corrected chi connectivity index (χ1v) is 9.36. The minimum Gasteiger partial charge on any atom is -0.497 e. The van der Waals surface area contributed by atoms with Crippen molar-refractivity contribution in [3.8, 4) is 5.75 Å². The van der Waals surface area contributed by atoms with Crippen LogP contribution in [0.25, 0.3) is 0 Å². The molecule has 6 nitrogen and oxygen atoms in total. The van der Waals surface area contributed by atoms with Crippen LogP contribution in [0, 0.1) is 5.82 Å². The second-order valence-corrected chi connectivity index (χ2v) is 6.71. The van der Waals surface area contributed by atoms with E-state index in [9.17, 15) is 14.0 Å². The van der Waals surface area contributed by atoms with Crippen molar-refractivity contribution in [3.05, 3.63) is 76.5 Å². The lowest BCUT2D eigenvalue weighted by Crippen LogP contribution is -2.26. The molecule has 3 aromatic rings. The number of carbonyl (C=O) groups excluding carboxylic acids is 2. The molecule has 144 valence electrons. The number of hydrogen-bond acceptors (Lipinski definition) is 5. The van der Waals surface area contributed by atoms with Crippen molar-refractivity contribution in [1.29, 1.82) is 0 Å². The van der Waals surface area contributed by atoms with Gasteiger partial charge in [0.15, 0.2) is 5.13 Å². The molecule has 0 unspecified atom stereocenters. The molecule has 0 aliphatic carbocycles. The molecule has 2 amide bonds. The Labute approximate surface area is 165 Å². The van der Waals surface area contributed by atoms with Gasteiger partial charge in [0.25, 0.3) is 11.8 Å². The van der Waals surface area contributed by atoms with Crippen molar-refractivity contribution in [2.75, 3.05) is 19.0 Å². The Morgan fingerprint density at radius 1 is 1.07 bits per heavy atom. The standard InChI is InChI=1S/C20H18FN3O3S/c1-27-16-8-4-14(5-9-16)18(25)24-20-23-17(12-28-20)19(26)22-11-10-13-2-6-15(21)7-3-13/h2-9,12H,10-11H2,1H3,(H,22,26)(H,23,24,25). The predicted octanol–water partition coefficient (Wildman–Crippen LogP) is 3.52. The van der Waals surface area contributed by atoms with E-state index in [2.05, 4.69) is 15.6 Å². The lowest BCUT2D eigenvalue weighted by atomic mass is 10.1. The van der Waals surface area contributed by atoms with E-state index >= 15 is 0 Å². The number of amides is 2. The fourth-order valence-electron chi connectivity index (χ4n) is 2.41. The second-order valence-electron chi connectivity index (χ2n) is 5.85. The average molecular weight is 399 g/mol. The Bertz CT molecular complexity index is 956. The van der Waals surface area contributed by atoms with Gasteiger partial charge in [0, 0.05) is 17.5 Å².